The fourth-order valence-corrected chi connectivity index (χ4v) is 2.95. The van der Waals surface area contributed by atoms with Crippen LogP contribution in [0.5, 0.6) is 5.75 Å². The number of rotatable bonds is 5. The maximum Gasteiger partial charge on any atom is 0.322 e. The van der Waals surface area contributed by atoms with Gasteiger partial charge in [0.1, 0.15) is 17.9 Å². The molecule has 136 valence electrons. The highest BCUT2D eigenvalue weighted by Gasteiger charge is 2.29. The van der Waals surface area contributed by atoms with Crippen LogP contribution in [0, 0.1) is 6.92 Å². The number of aryl methyl sites for hydroxylation is 1. The molecule has 2 aromatic rings. The minimum Gasteiger partial charge on any atom is -0.506 e. The first-order chi connectivity index (χ1) is 12.4. The van der Waals surface area contributed by atoms with Gasteiger partial charge in [0.25, 0.3) is 11.5 Å². The topological polar surface area (TPSA) is 118 Å². The molecule has 0 saturated carbocycles. The van der Waals surface area contributed by atoms with Crippen molar-refractivity contribution >= 4 is 11.9 Å². The Hall–Kier alpha value is -3.13. The lowest BCUT2D eigenvalue weighted by atomic mass is 10.1. The SMILES string of the molecule is Cc1ccccc1Cn1c2c(c(O)c(C(=O)NCC(=O)O)c1=O)COC2. The van der Waals surface area contributed by atoms with Crippen LogP contribution in [0.1, 0.15) is 32.7 Å². The Bertz CT molecular complexity index is 947. The van der Waals surface area contributed by atoms with E-state index in [9.17, 15) is 19.5 Å². The molecule has 0 aliphatic carbocycles. The standard InChI is InChI=1S/C18H18N2O6/c1-10-4-2-3-5-11(10)7-20-13-9-26-8-12(13)16(23)15(18(20)25)17(24)19-6-14(21)22/h2-5,23H,6-9H2,1H3,(H,19,24)(H,21,22). The first-order valence-electron chi connectivity index (χ1n) is 8.00. The lowest BCUT2D eigenvalue weighted by Crippen LogP contribution is -2.37. The van der Waals surface area contributed by atoms with Crippen molar-refractivity contribution in [2.45, 2.75) is 26.7 Å². The zero-order chi connectivity index (χ0) is 18.8. The van der Waals surface area contributed by atoms with E-state index >= 15 is 0 Å². The van der Waals surface area contributed by atoms with Gasteiger partial charge in [-0.1, -0.05) is 24.3 Å². The number of nitrogens with zero attached hydrogens (tertiary/aromatic N) is 1. The zero-order valence-electron chi connectivity index (χ0n) is 14.1. The smallest absolute Gasteiger partial charge is 0.322 e. The maximum absolute atomic E-state index is 12.9. The average Bonchev–Trinajstić information content (AvgIpc) is 3.08. The van der Waals surface area contributed by atoms with Crippen LogP contribution < -0.4 is 10.9 Å². The number of carboxylic acids is 1. The minimum absolute atomic E-state index is 0.0778. The Kier molecular flexibility index (Phi) is 4.77. The van der Waals surface area contributed by atoms with E-state index in [4.69, 9.17) is 9.84 Å². The summed E-state index contributed by atoms with van der Waals surface area (Å²) in [6.07, 6.45) is 0. The van der Waals surface area contributed by atoms with E-state index in [1.165, 1.54) is 4.57 Å². The number of amides is 1. The summed E-state index contributed by atoms with van der Waals surface area (Å²) >= 11 is 0. The minimum atomic E-state index is -1.25. The summed E-state index contributed by atoms with van der Waals surface area (Å²) in [4.78, 5) is 35.8. The van der Waals surface area contributed by atoms with Crippen molar-refractivity contribution in [3.8, 4) is 5.75 Å². The number of aromatic nitrogens is 1. The van der Waals surface area contributed by atoms with E-state index in [0.717, 1.165) is 11.1 Å². The molecule has 1 aliphatic rings. The molecule has 0 spiro atoms. The molecule has 26 heavy (non-hydrogen) atoms. The average molecular weight is 358 g/mol. The molecule has 8 heteroatoms. The number of hydrogen-bond donors (Lipinski definition) is 3. The molecule has 1 aromatic heterocycles. The molecule has 2 heterocycles. The molecule has 0 radical (unpaired) electrons. The molecule has 0 fully saturated rings. The third-order valence-corrected chi connectivity index (χ3v) is 4.36. The molecule has 0 unspecified atom stereocenters. The number of aromatic hydroxyl groups is 1. The number of benzene rings is 1. The van der Waals surface area contributed by atoms with Crippen LogP contribution >= 0.6 is 0 Å². The predicted molar refractivity (Wildman–Crippen MR) is 91.1 cm³/mol. The summed E-state index contributed by atoms with van der Waals surface area (Å²) in [6, 6.07) is 7.53. The highest BCUT2D eigenvalue weighted by Crippen LogP contribution is 2.30. The van der Waals surface area contributed by atoms with Gasteiger partial charge in [0.2, 0.25) is 0 Å². The Balaban J connectivity index is 2.10. The predicted octanol–water partition coefficient (Wildman–Crippen LogP) is 0.755. The fraction of sp³-hybridized carbons (Fsp3) is 0.278. The van der Waals surface area contributed by atoms with Gasteiger partial charge < -0.3 is 24.8 Å². The highest BCUT2D eigenvalue weighted by atomic mass is 16.5. The number of nitrogens with one attached hydrogen (secondary N) is 1. The summed E-state index contributed by atoms with van der Waals surface area (Å²) in [6.45, 7) is 1.72. The second-order valence-electron chi connectivity index (χ2n) is 6.04. The van der Waals surface area contributed by atoms with E-state index in [0.29, 0.717) is 11.3 Å². The lowest BCUT2D eigenvalue weighted by molar-refractivity contribution is -0.135. The Morgan fingerprint density at radius 1 is 1.27 bits per heavy atom. The first kappa shape index (κ1) is 17.7. The van der Waals surface area contributed by atoms with Gasteiger partial charge in [0.05, 0.1) is 25.5 Å². The molecular formula is C18H18N2O6. The molecule has 0 atom stereocenters. The van der Waals surface area contributed by atoms with E-state index in [1.54, 1.807) is 0 Å². The van der Waals surface area contributed by atoms with Gasteiger partial charge in [-0.15, -0.1) is 0 Å². The van der Waals surface area contributed by atoms with Crippen LogP contribution in [-0.4, -0.2) is 33.2 Å². The van der Waals surface area contributed by atoms with Crippen molar-refractivity contribution in [3.63, 3.8) is 0 Å². The van der Waals surface area contributed by atoms with Gasteiger partial charge in [-0.2, -0.15) is 0 Å². The molecule has 8 nitrogen and oxygen atoms in total. The van der Waals surface area contributed by atoms with Crippen LogP contribution in [0.2, 0.25) is 0 Å². The largest absolute Gasteiger partial charge is 0.506 e. The van der Waals surface area contributed by atoms with E-state index in [2.05, 4.69) is 5.32 Å². The van der Waals surface area contributed by atoms with Crippen LogP contribution in [-0.2, 0) is 29.3 Å². The van der Waals surface area contributed by atoms with Gasteiger partial charge in [-0.05, 0) is 18.1 Å². The van der Waals surface area contributed by atoms with E-state index < -0.39 is 35.3 Å². The van der Waals surface area contributed by atoms with Crippen LogP contribution in [0.25, 0.3) is 0 Å². The van der Waals surface area contributed by atoms with Crippen LogP contribution in [0.15, 0.2) is 29.1 Å². The Morgan fingerprint density at radius 2 is 2.00 bits per heavy atom. The molecular weight excluding hydrogens is 340 g/mol. The Morgan fingerprint density at radius 3 is 2.69 bits per heavy atom. The van der Waals surface area contributed by atoms with Crippen LogP contribution in [0.3, 0.4) is 0 Å². The second kappa shape index (κ2) is 7.01. The third-order valence-electron chi connectivity index (χ3n) is 4.36. The molecule has 0 bridgehead atoms. The Labute approximate surface area is 148 Å². The monoisotopic (exact) mass is 358 g/mol. The normalized spacial score (nSPS) is 12.7. The van der Waals surface area contributed by atoms with Crippen molar-refractivity contribution in [1.29, 1.82) is 0 Å². The summed E-state index contributed by atoms with van der Waals surface area (Å²) in [5, 5.41) is 21.2. The third kappa shape index (κ3) is 3.18. The van der Waals surface area contributed by atoms with Crippen molar-refractivity contribution < 1.29 is 24.5 Å². The molecule has 1 amide bonds. The van der Waals surface area contributed by atoms with Gasteiger partial charge in [-0.3, -0.25) is 14.4 Å². The van der Waals surface area contributed by atoms with Crippen molar-refractivity contribution in [2.75, 3.05) is 6.54 Å². The quantitative estimate of drug-likeness (QED) is 0.726. The number of aliphatic carboxylic acids is 1. The molecule has 0 saturated heterocycles. The van der Waals surface area contributed by atoms with Gasteiger partial charge in [0.15, 0.2) is 0 Å². The summed E-state index contributed by atoms with van der Waals surface area (Å²) in [5.74, 6) is -2.63. The number of carbonyl (C=O) groups excluding carboxylic acids is 1. The molecule has 1 aromatic carbocycles. The molecule has 1 aliphatic heterocycles. The summed E-state index contributed by atoms with van der Waals surface area (Å²) in [7, 11) is 0. The van der Waals surface area contributed by atoms with Crippen molar-refractivity contribution in [2.24, 2.45) is 0 Å². The van der Waals surface area contributed by atoms with Crippen LogP contribution in [0.4, 0.5) is 0 Å². The molecule has 3 N–H and O–H groups in total. The van der Waals surface area contributed by atoms with E-state index in [-0.39, 0.29) is 19.8 Å². The lowest BCUT2D eigenvalue weighted by Gasteiger charge is -2.16. The highest BCUT2D eigenvalue weighted by molar-refractivity contribution is 5.98. The number of pyridine rings is 1. The number of carbonyl (C=O) groups is 2. The summed E-state index contributed by atoms with van der Waals surface area (Å²) < 4.78 is 6.75. The number of carboxylic acid groups (broad SMARTS) is 1. The van der Waals surface area contributed by atoms with Crippen molar-refractivity contribution in [1.82, 2.24) is 9.88 Å². The van der Waals surface area contributed by atoms with Gasteiger partial charge >= 0.3 is 5.97 Å². The number of hydrogen-bond acceptors (Lipinski definition) is 5. The number of fused-ring (bicyclic) bond motifs is 1. The fourth-order valence-electron chi connectivity index (χ4n) is 2.95. The van der Waals surface area contributed by atoms with Crippen molar-refractivity contribution in [3.05, 3.63) is 62.6 Å². The molecule has 3 rings (SSSR count). The second-order valence-corrected chi connectivity index (χ2v) is 6.04. The number of ether oxygens (including phenoxy) is 1. The zero-order valence-corrected chi connectivity index (χ0v) is 14.1. The van der Waals surface area contributed by atoms with Gasteiger partial charge in [-0.25, -0.2) is 0 Å². The maximum atomic E-state index is 12.9. The van der Waals surface area contributed by atoms with Gasteiger partial charge in [0, 0.05) is 5.56 Å². The summed E-state index contributed by atoms with van der Waals surface area (Å²) in [5.41, 5.74) is 1.62. The van der Waals surface area contributed by atoms with E-state index in [1.807, 2.05) is 31.2 Å². The first-order valence-corrected chi connectivity index (χ1v) is 8.00.